The third kappa shape index (κ3) is 4.67. The highest BCUT2D eigenvalue weighted by molar-refractivity contribution is 6.99. The van der Waals surface area contributed by atoms with Crippen LogP contribution in [0.5, 0.6) is 0 Å². The van der Waals surface area contributed by atoms with E-state index in [4.69, 9.17) is 35.5 Å². The van der Waals surface area contributed by atoms with Gasteiger partial charge in [-0.1, -0.05) is 87.9 Å². The third-order valence-electron chi connectivity index (χ3n) is 12.4. The summed E-state index contributed by atoms with van der Waals surface area (Å²) in [5.74, 6) is 1.85. The van der Waals surface area contributed by atoms with Gasteiger partial charge >= 0.3 is 0 Å². The number of nitrogens with zero attached hydrogens (tertiary/aromatic N) is 4. The largest absolute Gasteiger partial charge is 0.407 e. The molecule has 1 N–H and O–H groups in total. The average Bonchev–Trinajstić information content (AvgIpc) is 3.56. The van der Waals surface area contributed by atoms with Crippen molar-refractivity contribution < 1.29 is 13.9 Å². The van der Waals surface area contributed by atoms with Gasteiger partial charge in [-0.05, 0) is 84.3 Å². The highest BCUT2D eigenvalue weighted by atomic mass is 35.5. The number of hydrogen-bond donors (Lipinski definition) is 1. The van der Waals surface area contributed by atoms with Crippen LogP contribution in [0, 0.1) is 23.2 Å². The number of ether oxygens (including phenoxy) is 2. The number of nitrogens with one attached hydrogen (secondary N) is 1. The molecule has 5 aliphatic rings. The van der Waals surface area contributed by atoms with Crippen molar-refractivity contribution in [3.05, 3.63) is 72.3 Å². The van der Waals surface area contributed by atoms with E-state index in [1.54, 1.807) is 0 Å². The Morgan fingerprint density at radius 1 is 0.979 bits per heavy atom. The molecule has 9 rings (SSSR count). The van der Waals surface area contributed by atoms with Gasteiger partial charge in [0, 0.05) is 18.1 Å². The van der Waals surface area contributed by atoms with Crippen LogP contribution in [0.15, 0.2) is 67.0 Å². The van der Waals surface area contributed by atoms with Gasteiger partial charge in [0.05, 0.1) is 18.5 Å². The lowest BCUT2D eigenvalue weighted by Crippen LogP contribution is -2.67. The molecular formula is C38H46ClN5O3Si. The topological polar surface area (TPSA) is 83.3 Å². The van der Waals surface area contributed by atoms with Crippen molar-refractivity contribution in [1.29, 1.82) is 0 Å². The number of aromatic nitrogens is 4. The number of imidazole rings is 1. The summed E-state index contributed by atoms with van der Waals surface area (Å²) in [7, 11) is -2.75. The maximum Gasteiger partial charge on any atom is 0.261 e. The Balaban J connectivity index is 1.08. The van der Waals surface area contributed by atoms with Crippen LogP contribution in [0.1, 0.15) is 72.8 Å². The SMILES string of the molecule is CC1(C)O[C@H]2[C@H](n3cnc4c(N[C@H]5C[C@H]6CC[C@@H]5C6)nc(Cl)nc43)[C@H]3C[C@@]3(CO[Si](c3ccccc3)(c3ccccc3)C(C)(C)C)[C@H]2O1. The molecule has 2 aromatic carbocycles. The van der Waals surface area contributed by atoms with Gasteiger partial charge < -0.3 is 23.8 Å². The molecule has 1 aliphatic heterocycles. The lowest BCUT2D eigenvalue weighted by molar-refractivity contribution is -0.162. The Morgan fingerprint density at radius 2 is 1.69 bits per heavy atom. The molecular weight excluding hydrogens is 638 g/mol. The van der Waals surface area contributed by atoms with Gasteiger partial charge in [0.15, 0.2) is 22.8 Å². The molecule has 4 saturated carbocycles. The number of halogens is 1. The Labute approximate surface area is 289 Å². The van der Waals surface area contributed by atoms with Gasteiger partial charge in [0.25, 0.3) is 8.32 Å². The molecule has 3 heterocycles. The number of hydrogen-bond acceptors (Lipinski definition) is 7. The molecule has 252 valence electrons. The van der Waals surface area contributed by atoms with Crippen LogP contribution in [0.2, 0.25) is 10.3 Å². The third-order valence-corrected chi connectivity index (χ3v) is 17.5. The Kier molecular flexibility index (Phi) is 7.04. The minimum Gasteiger partial charge on any atom is -0.407 e. The van der Waals surface area contributed by atoms with Gasteiger partial charge in [0.2, 0.25) is 5.28 Å². The molecule has 4 aliphatic carbocycles. The van der Waals surface area contributed by atoms with Crippen molar-refractivity contribution in [2.75, 3.05) is 11.9 Å². The molecule has 2 bridgehead atoms. The predicted octanol–water partition coefficient (Wildman–Crippen LogP) is 6.74. The first-order valence-corrected chi connectivity index (χ1v) is 20.0. The van der Waals surface area contributed by atoms with Crippen molar-refractivity contribution in [2.45, 2.75) is 102 Å². The van der Waals surface area contributed by atoms with E-state index in [0.29, 0.717) is 18.6 Å². The molecule has 48 heavy (non-hydrogen) atoms. The van der Waals surface area contributed by atoms with E-state index < -0.39 is 14.1 Å². The van der Waals surface area contributed by atoms with Crippen molar-refractivity contribution in [2.24, 2.45) is 23.2 Å². The predicted molar refractivity (Wildman–Crippen MR) is 190 cm³/mol. The first kappa shape index (κ1) is 31.2. The van der Waals surface area contributed by atoms with Crippen LogP contribution >= 0.6 is 11.6 Å². The van der Waals surface area contributed by atoms with Crippen LogP contribution in [-0.2, 0) is 13.9 Å². The molecule has 1 saturated heterocycles. The van der Waals surface area contributed by atoms with Crippen LogP contribution < -0.4 is 15.7 Å². The lowest BCUT2D eigenvalue weighted by Gasteiger charge is -2.44. The summed E-state index contributed by atoms with van der Waals surface area (Å²) in [5, 5.41) is 6.45. The fourth-order valence-electron chi connectivity index (χ4n) is 10.3. The zero-order valence-electron chi connectivity index (χ0n) is 28.5. The van der Waals surface area contributed by atoms with Crippen LogP contribution in [0.4, 0.5) is 5.82 Å². The van der Waals surface area contributed by atoms with Crippen LogP contribution in [0.25, 0.3) is 11.2 Å². The lowest BCUT2D eigenvalue weighted by atomic mass is 9.95. The smallest absolute Gasteiger partial charge is 0.261 e. The van der Waals surface area contributed by atoms with Crippen molar-refractivity contribution in [3.8, 4) is 0 Å². The number of benzene rings is 2. The van der Waals surface area contributed by atoms with E-state index in [-0.39, 0.29) is 39.9 Å². The Morgan fingerprint density at radius 3 is 2.31 bits per heavy atom. The molecule has 8 nitrogen and oxygen atoms in total. The number of anilines is 1. The second kappa shape index (κ2) is 10.8. The number of rotatable bonds is 8. The summed E-state index contributed by atoms with van der Waals surface area (Å²) in [6.07, 6.45) is 7.79. The van der Waals surface area contributed by atoms with E-state index in [0.717, 1.165) is 29.3 Å². The molecule has 0 unspecified atom stereocenters. The maximum absolute atomic E-state index is 7.58. The molecule has 10 heteroatoms. The van der Waals surface area contributed by atoms with Crippen molar-refractivity contribution in [1.82, 2.24) is 19.5 Å². The minimum absolute atomic E-state index is 0.00848. The minimum atomic E-state index is -2.75. The molecule has 2 aromatic heterocycles. The maximum atomic E-state index is 7.58. The molecule has 0 radical (unpaired) electrons. The highest BCUT2D eigenvalue weighted by Gasteiger charge is 2.76. The quantitative estimate of drug-likeness (QED) is 0.163. The summed E-state index contributed by atoms with van der Waals surface area (Å²) in [4.78, 5) is 14.4. The Bertz CT molecular complexity index is 1810. The molecule has 4 aromatic rings. The fraction of sp³-hybridized carbons (Fsp3) is 0.553. The van der Waals surface area contributed by atoms with Crippen molar-refractivity contribution >= 4 is 47.3 Å². The van der Waals surface area contributed by atoms with Gasteiger partial charge in [-0.3, -0.25) is 0 Å². The van der Waals surface area contributed by atoms with E-state index in [1.807, 2.05) is 20.2 Å². The molecule has 0 amide bonds. The second-order valence-corrected chi connectivity index (χ2v) is 21.2. The van der Waals surface area contributed by atoms with Crippen LogP contribution in [-0.4, -0.2) is 58.5 Å². The molecule has 0 spiro atoms. The van der Waals surface area contributed by atoms with E-state index in [1.165, 1.54) is 36.1 Å². The molecule has 8 atom stereocenters. The zero-order valence-corrected chi connectivity index (χ0v) is 30.3. The number of fused-ring (bicyclic) bond motifs is 6. The van der Waals surface area contributed by atoms with Gasteiger partial charge in [-0.2, -0.15) is 9.97 Å². The molecule has 5 fully saturated rings. The monoisotopic (exact) mass is 683 g/mol. The normalized spacial score (nSPS) is 33.2. The van der Waals surface area contributed by atoms with Gasteiger partial charge in [-0.25, -0.2) is 4.98 Å². The van der Waals surface area contributed by atoms with Gasteiger partial charge in [-0.15, -0.1) is 0 Å². The summed E-state index contributed by atoms with van der Waals surface area (Å²) < 4.78 is 23.3. The van der Waals surface area contributed by atoms with Gasteiger partial charge in [0.1, 0.15) is 6.10 Å². The standard InChI is InChI=1S/C38H46ClN5O3Si/c1-36(2,3)48(25-12-8-6-9-13-25,26-14-10-7-11-15-26)45-21-38-20-27(38)30(31-32(38)47-37(4,5)46-31)44-22-40-29-33(42-35(39)43-34(29)44)41-28-19-23-16-17-24(28)18-23/h6-15,22-24,27-28,30-32H,16-21H2,1-5H3,(H,41,42,43)/t23-,24+,27+,28-,30+,31-,32-,38-/m0/s1. The first-order valence-electron chi connectivity index (χ1n) is 17.8. The van der Waals surface area contributed by atoms with Crippen molar-refractivity contribution in [3.63, 3.8) is 0 Å². The van der Waals surface area contributed by atoms with E-state index in [9.17, 15) is 0 Å². The summed E-state index contributed by atoms with van der Waals surface area (Å²) >= 11 is 6.64. The summed E-state index contributed by atoms with van der Waals surface area (Å²) in [6, 6.07) is 22.2. The second-order valence-electron chi connectivity index (χ2n) is 16.6. The average molecular weight is 684 g/mol. The first-order chi connectivity index (χ1) is 23.0. The van der Waals surface area contributed by atoms with E-state index in [2.05, 4.69) is 96.3 Å². The van der Waals surface area contributed by atoms with E-state index >= 15 is 0 Å². The zero-order chi connectivity index (χ0) is 33.1. The fourth-order valence-corrected chi connectivity index (χ4v) is 15.1. The highest BCUT2D eigenvalue weighted by Crippen LogP contribution is 2.72. The Hall–Kier alpha value is -2.82. The van der Waals surface area contributed by atoms with Crippen LogP contribution in [0.3, 0.4) is 0 Å². The summed E-state index contributed by atoms with van der Waals surface area (Å²) in [5.41, 5.74) is 1.35. The summed E-state index contributed by atoms with van der Waals surface area (Å²) in [6.45, 7) is 11.7.